The van der Waals surface area contributed by atoms with Gasteiger partial charge in [0.05, 0.1) is 25.9 Å². The van der Waals surface area contributed by atoms with Crippen molar-refractivity contribution in [2.75, 3.05) is 45.4 Å². The number of piperidine rings is 1. The van der Waals surface area contributed by atoms with Crippen LogP contribution in [0.5, 0.6) is 0 Å². The van der Waals surface area contributed by atoms with Gasteiger partial charge in [0.15, 0.2) is 0 Å². The van der Waals surface area contributed by atoms with Crippen molar-refractivity contribution < 1.29 is 19.5 Å². The Kier molecular flexibility index (Phi) is 25.2. The van der Waals surface area contributed by atoms with Gasteiger partial charge in [-0.3, -0.25) is 29.1 Å². The summed E-state index contributed by atoms with van der Waals surface area (Å²) in [6, 6.07) is 66.1. The lowest BCUT2D eigenvalue weighted by Crippen LogP contribution is -2.44. The van der Waals surface area contributed by atoms with Crippen molar-refractivity contribution in [3.63, 3.8) is 0 Å². The number of hydrogen-bond donors (Lipinski definition) is 5. The van der Waals surface area contributed by atoms with Gasteiger partial charge in [0.1, 0.15) is 74.0 Å². The monoisotopic (exact) mass is 1660 g/mol. The number of imidazole rings is 4. The quantitative estimate of drug-likeness (QED) is 0.0341. The van der Waals surface area contributed by atoms with Crippen LogP contribution in [0.15, 0.2) is 188 Å². The van der Waals surface area contributed by atoms with Gasteiger partial charge in [-0.2, -0.15) is 0 Å². The number of carboxylic acid groups (broad SMARTS) is 1. The van der Waals surface area contributed by atoms with Crippen LogP contribution in [0.2, 0.25) is 59.8 Å². The molecule has 610 valence electrons. The maximum Gasteiger partial charge on any atom is 0.325 e. The van der Waals surface area contributed by atoms with Gasteiger partial charge in [0.2, 0.25) is 11.8 Å². The molecule has 11 atom stereocenters. The van der Waals surface area contributed by atoms with Gasteiger partial charge in [-0.1, -0.05) is 297 Å². The lowest BCUT2D eigenvalue weighted by Gasteiger charge is -2.35. The second-order valence-corrected chi connectivity index (χ2v) is 46.1. The minimum Gasteiger partial charge on any atom is -0.480 e. The average Bonchev–Trinajstić information content (AvgIpc) is 1.57. The molecule has 3 saturated carbocycles. The average molecular weight is 1660 g/mol. The number of nitrogens with zero attached hydrogens (tertiary/aromatic N) is 9. The zero-order chi connectivity index (χ0) is 82.1. The fourth-order valence-corrected chi connectivity index (χ4v) is 26.0. The lowest BCUT2D eigenvalue weighted by atomic mass is 10.0. The van der Waals surface area contributed by atoms with Gasteiger partial charge in [-0.05, 0) is 154 Å². The highest BCUT2D eigenvalue weighted by atomic mass is 35.5. The molecule has 1 unspecified atom stereocenters. The van der Waals surface area contributed by atoms with E-state index in [1.54, 1.807) is 0 Å². The third-order valence-corrected chi connectivity index (χ3v) is 32.5. The molecule has 5 N–H and O–H groups in total. The third-order valence-electron chi connectivity index (χ3n) is 25.8. The van der Waals surface area contributed by atoms with Crippen LogP contribution >= 0.6 is 34.8 Å². The van der Waals surface area contributed by atoms with E-state index in [-0.39, 0.29) is 42.0 Å². The zero-order valence-electron chi connectivity index (χ0n) is 69.4. The highest BCUT2D eigenvalue weighted by Gasteiger charge is 2.57. The maximum absolute atomic E-state index is 14.6. The smallest absolute Gasteiger partial charge is 0.325 e. The van der Waals surface area contributed by atoms with Crippen molar-refractivity contribution in [3.8, 4) is 67.3 Å². The highest BCUT2D eigenvalue weighted by Crippen LogP contribution is 2.58. The molecule has 7 heterocycles. The van der Waals surface area contributed by atoms with Gasteiger partial charge in [-0.25, -0.2) is 19.9 Å². The van der Waals surface area contributed by atoms with E-state index in [1.807, 2.05) is 85.5 Å². The zero-order valence-corrected chi connectivity index (χ0v) is 73.7. The van der Waals surface area contributed by atoms with Gasteiger partial charge in [-0.15, -0.1) is 0 Å². The number of H-pyrrole nitrogens is 4. The summed E-state index contributed by atoms with van der Waals surface area (Å²) >= 11 is 20.1. The predicted molar refractivity (Wildman–Crippen MR) is 479 cm³/mol. The molecule has 2 amide bonds. The number of aromatic nitrogens is 8. The van der Waals surface area contributed by atoms with Crippen molar-refractivity contribution in [1.82, 2.24) is 64.4 Å². The molecular weight excluding hydrogens is 1550 g/mol. The van der Waals surface area contributed by atoms with Crippen LogP contribution in [-0.4, -0.2) is 155 Å². The second-order valence-electron chi connectivity index (χ2n) is 34.6. The van der Waals surface area contributed by atoms with Crippen molar-refractivity contribution in [2.45, 2.75) is 179 Å². The molecule has 4 aromatic heterocycles. The van der Waals surface area contributed by atoms with E-state index >= 15 is 0 Å². The number of fused-ring (bicyclic) bond motifs is 2. The molecule has 0 bridgehead atoms. The molecule has 6 aliphatic rings. The number of hydrogen-bond acceptors (Lipinski definition) is 10. The number of nitrogens with one attached hydrogen (secondary N) is 4. The Hall–Kier alpha value is -9.03. The molecule has 3 saturated heterocycles. The summed E-state index contributed by atoms with van der Waals surface area (Å²) in [6.07, 6.45) is 7.94. The van der Waals surface area contributed by atoms with E-state index in [1.165, 1.54) is 37.8 Å². The first kappa shape index (κ1) is 83.1. The summed E-state index contributed by atoms with van der Waals surface area (Å²) in [5.41, 5.74) is 15.8. The summed E-state index contributed by atoms with van der Waals surface area (Å²) in [7, 11) is -2.82. The number of carbonyl (C=O) groups excluding carboxylic acids is 2. The minimum atomic E-state index is -1.75. The van der Waals surface area contributed by atoms with Crippen LogP contribution in [0.3, 0.4) is 0 Å². The van der Waals surface area contributed by atoms with Crippen molar-refractivity contribution in [2.24, 2.45) is 17.8 Å². The Labute approximate surface area is 706 Å². The second kappa shape index (κ2) is 35.5. The van der Waals surface area contributed by atoms with Crippen LogP contribution in [0.4, 0.5) is 0 Å². The van der Waals surface area contributed by atoms with Gasteiger partial charge < -0.3 is 34.8 Å². The van der Waals surface area contributed by atoms with Crippen LogP contribution in [0.25, 0.3) is 67.3 Å². The number of rotatable bonds is 25. The topological polar surface area (TPSA) is 202 Å². The first-order chi connectivity index (χ1) is 56.5. The third kappa shape index (κ3) is 18.0. The Morgan fingerprint density at radius 3 is 1.21 bits per heavy atom. The Balaban J connectivity index is 0.000000171. The van der Waals surface area contributed by atoms with Crippen LogP contribution < -0.4 is 0 Å². The molecule has 3 aliphatic carbocycles. The standard InChI is InChI=1S/C53H63ClN8O2Si.C30H32Cl2N4Si.C12H17NO2/c1-8-59(9-2)47(39-18-14-12-15-19-39)52(63)61-33-65(6,7)32-44(61)51-57-46(49(54)58-51)38-28-24-36(25-29-38)35-22-26-37(27-23-35)45-34(5)55-50(56-45)43-31-41-30-42(41)62(43)53(64)48(60(10-3)11-4)40-20-16-13-17-21-40;1-37(2)12-11-21(16-37)29-33-25(27(31)35-29)19-7-3-17(4-8-19)18-5-9-20(10-6-18)26-28(32)36-30(34-26)24-14-22-13-23(22)15-24;1-3-13(4-2)11(12(14)15)10-8-6-5-7-9-10/h12-29,41-44,47-48H,8-11,30-33H2,1-7H3,(H,55,56)(H,57,58);3-10,21-24H,11-16H2,1-2H3,(H,33,35)(H,34,36);5-9,11H,3-4H2,1-2H3,(H,14,15)/t41-,42-,43+,44+,47-,48-;21-,22-,23+,24?;11-/m101/s1. The Bertz CT molecular complexity index is 5230. The molecule has 117 heavy (non-hydrogen) atoms. The van der Waals surface area contributed by atoms with E-state index in [0.29, 0.717) is 38.9 Å². The first-order valence-electron chi connectivity index (χ1n) is 42.4. The normalized spacial score (nSPS) is 21.5. The molecule has 6 fully saturated rings. The summed E-state index contributed by atoms with van der Waals surface area (Å²) in [4.78, 5) is 85.1. The molecule has 7 aromatic carbocycles. The SMILES string of the molecule is CCN(CC)[C@@H](C(=O)N1C[Si](C)(C)C[C@H]1c1nc(-c2ccc(-c3ccc(-c4nc([C@@H]5C[C@H]6C[C@H]6N5C(=O)[C@@H](c5ccccc5)N(CC)CC)[nH]c4C)cc3)cc2)c(Cl)[nH]1)c1ccccc1.CCN(CC)[C@@H](C(=O)O)c1ccccc1.C[Si]1(C)CC[C@H](c2nc(-c3ccc(-c4ccc(-c5nc(C6C[C@@H]7C[C@@H]7C6)[nH]c5Cl)cc4)cc3)c(Cl)[nH]2)C1. The fraction of sp³-hybridized carbons (Fsp3) is 0.400. The minimum absolute atomic E-state index is 0.0739. The molecule has 17 nitrogen and oxygen atoms in total. The lowest BCUT2D eigenvalue weighted by molar-refractivity contribution is -0.143. The number of carboxylic acids is 1. The summed E-state index contributed by atoms with van der Waals surface area (Å²) in [5.74, 6) is 6.70. The van der Waals surface area contributed by atoms with Crippen LogP contribution in [0.1, 0.15) is 168 Å². The van der Waals surface area contributed by atoms with Gasteiger partial charge in [0.25, 0.3) is 0 Å². The van der Waals surface area contributed by atoms with Crippen molar-refractivity contribution in [3.05, 3.63) is 249 Å². The van der Waals surface area contributed by atoms with Gasteiger partial charge in [0, 0.05) is 60.1 Å². The van der Waals surface area contributed by atoms with Crippen LogP contribution in [-0.2, 0) is 14.4 Å². The summed E-state index contributed by atoms with van der Waals surface area (Å²) < 4.78 is 0. The van der Waals surface area contributed by atoms with E-state index in [9.17, 15) is 19.5 Å². The molecular formula is C95H112Cl3N13O4Si2. The highest BCUT2D eigenvalue weighted by molar-refractivity contribution is 6.78. The Morgan fingerprint density at radius 2 is 0.786 bits per heavy atom. The summed E-state index contributed by atoms with van der Waals surface area (Å²) in [6.45, 7) is 28.8. The van der Waals surface area contributed by atoms with Crippen molar-refractivity contribution in [1.29, 1.82) is 0 Å². The molecule has 3 aliphatic heterocycles. The number of amides is 2. The van der Waals surface area contributed by atoms with E-state index in [0.717, 1.165) is 183 Å². The molecule has 17 rings (SSSR count). The predicted octanol–water partition coefficient (Wildman–Crippen LogP) is 22.4. The molecule has 11 aromatic rings. The number of benzene rings is 7. The molecule has 22 heteroatoms. The number of aryl methyl sites for hydroxylation is 1. The first-order valence-corrected chi connectivity index (χ1v) is 50.4. The number of likely N-dealkylation sites (N-methyl/N-ethyl adjacent to an activating group) is 3. The van der Waals surface area contributed by atoms with E-state index in [2.05, 4.69) is 222 Å². The number of carbonyl (C=O) groups is 3. The fourth-order valence-electron chi connectivity index (χ4n) is 19.3. The largest absolute Gasteiger partial charge is 0.480 e. The molecule has 0 spiro atoms. The molecule has 0 radical (unpaired) electrons. The number of aliphatic carboxylic acids is 1. The van der Waals surface area contributed by atoms with Crippen LogP contribution in [0, 0.1) is 24.7 Å². The van der Waals surface area contributed by atoms with E-state index < -0.39 is 28.2 Å². The van der Waals surface area contributed by atoms with Crippen molar-refractivity contribution >= 4 is 68.7 Å². The maximum atomic E-state index is 14.6. The van der Waals surface area contributed by atoms with Gasteiger partial charge >= 0.3 is 5.97 Å². The number of likely N-dealkylation sites (tertiary alicyclic amines) is 1. The Morgan fingerprint density at radius 1 is 0.419 bits per heavy atom. The van der Waals surface area contributed by atoms with E-state index in [4.69, 9.17) is 54.7 Å². The number of aromatic amines is 4. The summed E-state index contributed by atoms with van der Waals surface area (Å²) in [5, 5.41) is 11.0. The number of halogens is 3.